The molecule has 0 bridgehead atoms. The van der Waals surface area contributed by atoms with Crippen LogP contribution in [0.2, 0.25) is 0 Å². The van der Waals surface area contributed by atoms with Gasteiger partial charge in [0.15, 0.2) is 17.7 Å². The van der Waals surface area contributed by atoms with Crippen LogP contribution in [0.25, 0.3) is 0 Å². The molecule has 0 fully saturated rings. The number of carbonyl (C=O) groups is 1. The van der Waals surface area contributed by atoms with E-state index in [0.29, 0.717) is 0 Å². The van der Waals surface area contributed by atoms with E-state index < -0.39 is 29.3 Å². The lowest BCUT2D eigenvalue weighted by Gasteiger charge is -2.12. The van der Waals surface area contributed by atoms with Crippen LogP contribution in [-0.2, 0) is 9.53 Å². The van der Waals surface area contributed by atoms with Gasteiger partial charge in [-0.2, -0.15) is 0 Å². The first-order valence-corrected chi connectivity index (χ1v) is 4.88. The molecule has 0 aliphatic carbocycles. The predicted molar refractivity (Wildman–Crippen MR) is 54.5 cm³/mol. The summed E-state index contributed by atoms with van der Waals surface area (Å²) >= 11 is 0. The van der Waals surface area contributed by atoms with E-state index in [4.69, 9.17) is 0 Å². The van der Waals surface area contributed by atoms with E-state index in [-0.39, 0.29) is 12.4 Å². The average molecular weight is 246 g/mol. The Balaban J connectivity index is 3.12. The maximum Gasteiger partial charge on any atom is 0.339 e. The number of carbonyl (C=O) groups excluding carboxylic acids is 1. The Hall–Kier alpha value is -1.69. The van der Waals surface area contributed by atoms with Crippen molar-refractivity contribution in [2.24, 2.45) is 0 Å². The third-order valence-corrected chi connectivity index (χ3v) is 2.06. The zero-order chi connectivity index (χ0) is 13.0. The summed E-state index contributed by atoms with van der Waals surface area (Å²) in [5.74, 6) is -3.24. The van der Waals surface area contributed by atoms with Gasteiger partial charge >= 0.3 is 5.97 Å². The van der Waals surface area contributed by atoms with E-state index >= 15 is 0 Å². The van der Waals surface area contributed by atoms with E-state index in [2.05, 4.69) is 9.47 Å². The van der Waals surface area contributed by atoms with Gasteiger partial charge in [-0.15, -0.1) is 0 Å². The lowest BCUT2D eigenvalue weighted by Crippen LogP contribution is -2.17. The number of benzene rings is 1. The summed E-state index contributed by atoms with van der Waals surface area (Å²) in [7, 11) is 1.15. The van der Waals surface area contributed by atoms with E-state index in [1.165, 1.54) is 6.92 Å². The molecule has 0 aliphatic heterocycles. The van der Waals surface area contributed by atoms with Crippen LogP contribution in [-0.4, -0.2) is 24.8 Å². The van der Waals surface area contributed by atoms with E-state index in [1.807, 2.05) is 0 Å². The molecule has 0 aromatic heterocycles. The fourth-order valence-electron chi connectivity index (χ4n) is 1.28. The number of esters is 1. The standard InChI is InChI=1S/C11H12F2O4/c1-3-17-11(15)10(14)7-4-6(12)5-8(16-2)9(7)13/h4-5,10,14H,3H2,1-2H3. The largest absolute Gasteiger partial charge is 0.494 e. The normalized spacial score (nSPS) is 12.1. The second-order valence-electron chi connectivity index (χ2n) is 3.17. The SMILES string of the molecule is CCOC(=O)C(O)c1cc(F)cc(OC)c1F. The lowest BCUT2D eigenvalue weighted by atomic mass is 10.1. The number of methoxy groups -OCH3 is 1. The lowest BCUT2D eigenvalue weighted by molar-refractivity contribution is -0.153. The van der Waals surface area contributed by atoms with Crippen molar-refractivity contribution in [3.63, 3.8) is 0 Å². The van der Waals surface area contributed by atoms with E-state index in [1.54, 1.807) is 0 Å². The molecule has 1 N–H and O–H groups in total. The molecular weight excluding hydrogens is 234 g/mol. The Kier molecular flexibility index (Phi) is 4.39. The highest BCUT2D eigenvalue weighted by molar-refractivity contribution is 5.76. The molecule has 0 heterocycles. The molecule has 0 saturated carbocycles. The van der Waals surface area contributed by atoms with Crippen LogP contribution in [0.3, 0.4) is 0 Å². The molecule has 1 aromatic carbocycles. The molecule has 0 spiro atoms. The summed E-state index contributed by atoms with van der Waals surface area (Å²) in [6.45, 7) is 1.57. The zero-order valence-corrected chi connectivity index (χ0v) is 9.37. The molecule has 0 saturated heterocycles. The minimum atomic E-state index is -1.88. The number of hydrogen-bond acceptors (Lipinski definition) is 4. The first-order chi connectivity index (χ1) is 8.01. The summed E-state index contributed by atoms with van der Waals surface area (Å²) < 4.78 is 35.8. The molecule has 94 valence electrons. The first-order valence-electron chi connectivity index (χ1n) is 4.88. The average Bonchev–Trinajstić information content (AvgIpc) is 2.31. The van der Waals surface area contributed by atoms with Crippen LogP contribution in [0.15, 0.2) is 12.1 Å². The summed E-state index contributed by atoms with van der Waals surface area (Å²) in [6, 6.07) is 1.54. The van der Waals surface area contributed by atoms with Crippen molar-refractivity contribution in [3.8, 4) is 5.75 Å². The Labute approximate surface area is 96.8 Å². The molecule has 1 rings (SSSR count). The number of aliphatic hydroxyl groups is 1. The van der Waals surface area contributed by atoms with Crippen molar-refractivity contribution in [2.75, 3.05) is 13.7 Å². The topological polar surface area (TPSA) is 55.8 Å². The van der Waals surface area contributed by atoms with Gasteiger partial charge in [-0.05, 0) is 13.0 Å². The predicted octanol–water partition coefficient (Wildman–Crippen LogP) is 1.57. The summed E-state index contributed by atoms with van der Waals surface area (Å²) in [6.07, 6.45) is -1.88. The highest BCUT2D eigenvalue weighted by atomic mass is 19.1. The number of hydrogen-bond donors (Lipinski definition) is 1. The third kappa shape index (κ3) is 2.91. The van der Waals surface area contributed by atoms with Crippen molar-refractivity contribution in [1.82, 2.24) is 0 Å². The van der Waals surface area contributed by atoms with Crippen LogP contribution in [0.4, 0.5) is 8.78 Å². The summed E-state index contributed by atoms with van der Waals surface area (Å²) in [5, 5.41) is 9.51. The van der Waals surface area contributed by atoms with Crippen molar-refractivity contribution < 1.29 is 28.2 Å². The zero-order valence-electron chi connectivity index (χ0n) is 9.37. The molecule has 0 aliphatic rings. The Morgan fingerprint density at radius 2 is 2.12 bits per heavy atom. The highest BCUT2D eigenvalue weighted by Crippen LogP contribution is 2.27. The highest BCUT2D eigenvalue weighted by Gasteiger charge is 2.25. The van der Waals surface area contributed by atoms with Gasteiger partial charge < -0.3 is 14.6 Å². The molecule has 1 atom stereocenters. The summed E-state index contributed by atoms with van der Waals surface area (Å²) in [5.41, 5.74) is -0.514. The van der Waals surface area contributed by atoms with Gasteiger partial charge in [-0.25, -0.2) is 13.6 Å². The third-order valence-electron chi connectivity index (χ3n) is 2.06. The molecule has 4 nitrogen and oxygen atoms in total. The van der Waals surface area contributed by atoms with Gasteiger partial charge in [0, 0.05) is 11.6 Å². The second-order valence-corrected chi connectivity index (χ2v) is 3.17. The first kappa shape index (κ1) is 13.4. The number of aliphatic hydroxyl groups excluding tert-OH is 1. The van der Waals surface area contributed by atoms with Crippen molar-refractivity contribution >= 4 is 5.97 Å². The number of halogens is 2. The maximum atomic E-state index is 13.6. The number of ether oxygens (including phenoxy) is 2. The van der Waals surface area contributed by atoms with Gasteiger partial charge in [-0.3, -0.25) is 0 Å². The Bertz CT molecular complexity index is 420. The molecule has 0 amide bonds. The molecular formula is C11H12F2O4. The number of rotatable bonds is 4. The van der Waals surface area contributed by atoms with Crippen LogP contribution >= 0.6 is 0 Å². The summed E-state index contributed by atoms with van der Waals surface area (Å²) in [4.78, 5) is 11.2. The quantitative estimate of drug-likeness (QED) is 0.819. The van der Waals surface area contributed by atoms with Gasteiger partial charge in [0.2, 0.25) is 0 Å². The van der Waals surface area contributed by atoms with Gasteiger partial charge in [0.25, 0.3) is 0 Å². The van der Waals surface area contributed by atoms with Crippen LogP contribution in [0.1, 0.15) is 18.6 Å². The second kappa shape index (κ2) is 5.58. The van der Waals surface area contributed by atoms with Crippen LogP contribution < -0.4 is 4.74 Å². The van der Waals surface area contributed by atoms with Gasteiger partial charge in [0.1, 0.15) is 5.82 Å². The van der Waals surface area contributed by atoms with Gasteiger partial charge in [0.05, 0.1) is 13.7 Å². The smallest absolute Gasteiger partial charge is 0.339 e. The van der Waals surface area contributed by atoms with Crippen LogP contribution in [0.5, 0.6) is 5.75 Å². The van der Waals surface area contributed by atoms with Crippen LogP contribution in [0, 0.1) is 11.6 Å². The molecule has 1 aromatic rings. The Morgan fingerprint density at radius 3 is 2.65 bits per heavy atom. The molecule has 17 heavy (non-hydrogen) atoms. The fraction of sp³-hybridized carbons (Fsp3) is 0.364. The minimum Gasteiger partial charge on any atom is -0.494 e. The van der Waals surface area contributed by atoms with Crippen molar-refractivity contribution in [1.29, 1.82) is 0 Å². The minimum absolute atomic E-state index is 0.0317. The van der Waals surface area contributed by atoms with Crippen molar-refractivity contribution in [3.05, 3.63) is 29.3 Å². The van der Waals surface area contributed by atoms with E-state index in [0.717, 1.165) is 19.2 Å². The van der Waals surface area contributed by atoms with Crippen molar-refractivity contribution in [2.45, 2.75) is 13.0 Å². The van der Waals surface area contributed by atoms with Gasteiger partial charge in [-0.1, -0.05) is 0 Å². The fourth-order valence-corrected chi connectivity index (χ4v) is 1.28. The Morgan fingerprint density at radius 1 is 1.47 bits per heavy atom. The maximum absolute atomic E-state index is 13.6. The van der Waals surface area contributed by atoms with E-state index in [9.17, 15) is 18.7 Å². The molecule has 0 radical (unpaired) electrons. The monoisotopic (exact) mass is 246 g/mol. The molecule has 1 unspecified atom stereocenters. The molecule has 6 heteroatoms.